The van der Waals surface area contributed by atoms with Crippen molar-refractivity contribution >= 4 is 32.2 Å². The predicted molar refractivity (Wildman–Crippen MR) is 72.5 cm³/mol. The van der Waals surface area contributed by atoms with Gasteiger partial charge in [-0.1, -0.05) is 28.1 Å². The Bertz CT molecular complexity index is 730. The van der Waals surface area contributed by atoms with Gasteiger partial charge in [-0.25, -0.2) is 4.98 Å². The van der Waals surface area contributed by atoms with Crippen LogP contribution in [0.4, 0.5) is 0 Å². The second-order valence-electron chi connectivity index (χ2n) is 3.54. The Morgan fingerprint density at radius 2 is 2.00 bits per heavy atom. The van der Waals surface area contributed by atoms with E-state index in [2.05, 4.69) is 20.9 Å². The van der Waals surface area contributed by atoms with Crippen molar-refractivity contribution in [1.29, 1.82) is 0 Å². The molecule has 17 heavy (non-hydrogen) atoms. The molecule has 0 saturated heterocycles. The van der Waals surface area contributed by atoms with E-state index in [0.29, 0.717) is 5.69 Å². The minimum Gasteiger partial charge on any atom is -0.269 e. The molecule has 2 aromatic heterocycles. The van der Waals surface area contributed by atoms with E-state index in [0.717, 1.165) is 15.0 Å². The van der Waals surface area contributed by atoms with Gasteiger partial charge in [-0.2, -0.15) is 0 Å². The normalized spacial score (nSPS) is 10.9. The van der Waals surface area contributed by atoms with Gasteiger partial charge in [-0.15, -0.1) is 11.3 Å². The van der Waals surface area contributed by atoms with E-state index in [1.165, 1.54) is 11.3 Å². The van der Waals surface area contributed by atoms with Crippen LogP contribution in [0.25, 0.3) is 16.2 Å². The summed E-state index contributed by atoms with van der Waals surface area (Å²) in [6.07, 6.45) is 1.74. The van der Waals surface area contributed by atoms with E-state index in [-0.39, 0.29) is 5.56 Å². The summed E-state index contributed by atoms with van der Waals surface area (Å²) in [6, 6.07) is 9.31. The van der Waals surface area contributed by atoms with Gasteiger partial charge in [0.15, 0.2) is 4.96 Å². The Balaban J connectivity index is 2.23. The van der Waals surface area contributed by atoms with Gasteiger partial charge in [0.25, 0.3) is 5.56 Å². The predicted octanol–water partition coefficient (Wildman–Crippen LogP) is 3.19. The fourth-order valence-corrected chi connectivity index (χ4v) is 2.60. The quantitative estimate of drug-likeness (QED) is 0.692. The number of hydrogen-bond donors (Lipinski definition) is 0. The van der Waals surface area contributed by atoms with E-state index in [1.807, 2.05) is 29.6 Å². The van der Waals surface area contributed by atoms with Crippen molar-refractivity contribution in [3.8, 4) is 11.3 Å². The number of benzene rings is 1. The molecule has 0 aliphatic carbocycles. The molecule has 3 rings (SSSR count). The Hall–Kier alpha value is -1.46. The molecule has 0 radical (unpaired) electrons. The lowest BCUT2D eigenvalue weighted by Crippen LogP contribution is -2.11. The van der Waals surface area contributed by atoms with Crippen LogP contribution in [0.2, 0.25) is 0 Å². The number of halogens is 1. The fourth-order valence-electron chi connectivity index (χ4n) is 1.61. The Morgan fingerprint density at radius 1 is 1.24 bits per heavy atom. The second kappa shape index (κ2) is 4.09. The minimum absolute atomic E-state index is 0.0471. The molecule has 0 aliphatic heterocycles. The van der Waals surface area contributed by atoms with Crippen LogP contribution in [0.1, 0.15) is 0 Å². The summed E-state index contributed by atoms with van der Waals surface area (Å²) < 4.78 is 2.56. The summed E-state index contributed by atoms with van der Waals surface area (Å²) in [5.41, 5.74) is 1.61. The van der Waals surface area contributed by atoms with Crippen LogP contribution in [0.15, 0.2) is 51.2 Å². The molecule has 0 amide bonds. The first kappa shape index (κ1) is 10.7. The topological polar surface area (TPSA) is 34.4 Å². The summed E-state index contributed by atoms with van der Waals surface area (Å²) in [5, 5.41) is 1.86. The number of fused-ring (bicyclic) bond motifs is 1. The average molecular weight is 307 g/mol. The molecule has 0 N–H and O–H groups in total. The third kappa shape index (κ3) is 1.92. The van der Waals surface area contributed by atoms with Gasteiger partial charge >= 0.3 is 0 Å². The first-order valence-corrected chi connectivity index (χ1v) is 6.64. The summed E-state index contributed by atoms with van der Waals surface area (Å²) in [7, 11) is 0. The summed E-state index contributed by atoms with van der Waals surface area (Å²) in [6.45, 7) is 0. The zero-order valence-corrected chi connectivity index (χ0v) is 11.0. The van der Waals surface area contributed by atoms with E-state index < -0.39 is 0 Å². The number of aromatic nitrogens is 2. The smallest absolute Gasteiger partial charge is 0.259 e. The number of rotatable bonds is 1. The largest absolute Gasteiger partial charge is 0.269 e. The van der Waals surface area contributed by atoms with Gasteiger partial charge < -0.3 is 0 Å². The van der Waals surface area contributed by atoms with Crippen LogP contribution >= 0.6 is 27.3 Å². The highest BCUT2D eigenvalue weighted by Gasteiger charge is 2.05. The van der Waals surface area contributed by atoms with Crippen molar-refractivity contribution in [2.24, 2.45) is 0 Å². The maximum atomic E-state index is 11.8. The highest BCUT2D eigenvalue weighted by atomic mass is 79.9. The first-order chi connectivity index (χ1) is 8.24. The maximum Gasteiger partial charge on any atom is 0.259 e. The van der Waals surface area contributed by atoms with E-state index in [9.17, 15) is 4.79 Å². The van der Waals surface area contributed by atoms with Gasteiger partial charge in [0.1, 0.15) is 0 Å². The number of hydrogen-bond acceptors (Lipinski definition) is 3. The Kier molecular flexibility index (Phi) is 2.57. The Labute approximate surface area is 110 Å². The molecule has 2 heterocycles. The van der Waals surface area contributed by atoms with Gasteiger partial charge in [-0.05, 0) is 12.1 Å². The fraction of sp³-hybridized carbons (Fsp3) is 0. The average Bonchev–Trinajstić information content (AvgIpc) is 2.78. The number of thiazole rings is 1. The lowest BCUT2D eigenvalue weighted by molar-refractivity contribution is 1.08. The van der Waals surface area contributed by atoms with Gasteiger partial charge in [0, 0.05) is 27.7 Å². The maximum absolute atomic E-state index is 11.8. The zero-order chi connectivity index (χ0) is 11.8. The molecule has 0 aliphatic rings. The first-order valence-electron chi connectivity index (χ1n) is 4.97. The third-order valence-corrected chi connectivity index (χ3v) is 3.73. The van der Waals surface area contributed by atoms with E-state index in [1.54, 1.807) is 16.7 Å². The van der Waals surface area contributed by atoms with Crippen LogP contribution in [0, 0.1) is 0 Å². The summed E-state index contributed by atoms with van der Waals surface area (Å²) in [5.74, 6) is 0. The highest BCUT2D eigenvalue weighted by molar-refractivity contribution is 9.10. The molecule has 0 atom stereocenters. The van der Waals surface area contributed by atoms with Crippen LogP contribution in [-0.4, -0.2) is 9.38 Å². The van der Waals surface area contributed by atoms with Crippen LogP contribution in [0.3, 0.4) is 0 Å². The molecule has 5 heteroatoms. The van der Waals surface area contributed by atoms with Gasteiger partial charge in [0.05, 0.1) is 5.69 Å². The van der Waals surface area contributed by atoms with Crippen LogP contribution in [0.5, 0.6) is 0 Å². The van der Waals surface area contributed by atoms with Crippen molar-refractivity contribution in [2.45, 2.75) is 0 Å². The lowest BCUT2D eigenvalue weighted by atomic mass is 10.1. The summed E-state index contributed by atoms with van der Waals surface area (Å²) in [4.78, 5) is 17.0. The molecule has 1 aromatic carbocycles. The lowest BCUT2D eigenvalue weighted by Gasteiger charge is -2.01. The zero-order valence-electron chi connectivity index (χ0n) is 8.63. The highest BCUT2D eigenvalue weighted by Crippen LogP contribution is 2.20. The molecule has 3 nitrogen and oxygen atoms in total. The van der Waals surface area contributed by atoms with E-state index in [4.69, 9.17) is 0 Å². The molecule has 0 saturated carbocycles. The molecular formula is C12H7BrN2OS. The molecule has 0 spiro atoms. The minimum atomic E-state index is -0.0471. The summed E-state index contributed by atoms with van der Waals surface area (Å²) >= 11 is 4.84. The molecule has 84 valence electrons. The SMILES string of the molecule is O=c1cc(-c2ccc(Br)cc2)nc2sccn12. The van der Waals surface area contributed by atoms with Gasteiger partial charge in [-0.3, -0.25) is 9.20 Å². The standard InChI is InChI=1S/C12H7BrN2OS/c13-9-3-1-8(2-4-9)10-7-11(16)15-5-6-17-12(15)14-10/h1-7H. The molecule has 0 bridgehead atoms. The van der Waals surface area contributed by atoms with Crippen molar-refractivity contribution in [3.05, 3.63) is 56.7 Å². The van der Waals surface area contributed by atoms with Crippen LogP contribution < -0.4 is 5.56 Å². The van der Waals surface area contributed by atoms with E-state index >= 15 is 0 Å². The molecule has 0 unspecified atom stereocenters. The Morgan fingerprint density at radius 3 is 2.76 bits per heavy atom. The second-order valence-corrected chi connectivity index (χ2v) is 5.33. The molecular weight excluding hydrogens is 300 g/mol. The molecule has 0 fully saturated rings. The van der Waals surface area contributed by atoms with Crippen molar-refractivity contribution in [3.63, 3.8) is 0 Å². The molecule has 3 aromatic rings. The van der Waals surface area contributed by atoms with Gasteiger partial charge in [0.2, 0.25) is 0 Å². The van der Waals surface area contributed by atoms with Crippen molar-refractivity contribution in [1.82, 2.24) is 9.38 Å². The van der Waals surface area contributed by atoms with Crippen molar-refractivity contribution < 1.29 is 0 Å². The van der Waals surface area contributed by atoms with Crippen LogP contribution in [-0.2, 0) is 0 Å². The monoisotopic (exact) mass is 306 g/mol. The number of nitrogens with zero attached hydrogens (tertiary/aromatic N) is 2. The van der Waals surface area contributed by atoms with Crippen molar-refractivity contribution in [2.75, 3.05) is 0 Å². The third-order valence-electron chi connectivity index (χ3n) is 2.44.